The summed E-state index contributed by atoms with van der Waals surface area (Å²) >= 11 is 0. The molecule has 1 aromatic heterocycles. The van der Waals surface area contributed by atoms with Gasteiger partial charge in [-0.1, -0.05) is 24.3 Å². The minimum Gasteiger partial charge on any atom is -0.496 e. The molecule has 0 spiro atoms. The number of halogens is 1. The number of likely N-dealkylation sites (tertiary alicyclic amines) is 2. The number of carbonyl (C=O) groups is 1. The molecule has 2 aromatic carbocycles. The summed E-state index contributed by atoms with van der Waals surface area (Å²) in [7, 11) is 1.63. The van der Waals surface area contributed by atoms with Crippen molar-refractivity contribution in [2.75, 3.05) is 33.3 Å². The molecule has 2 fully saturated rings. The Morgan fingerprint density at radius 3 is 2.37 bits per heavy atom. The molecule has 0 radical (unpaired) electrons. The molecular formula is C27H31FN4O3. The van der Waals surface area contributed by atoms with E-state index < -0.39 is 0 Å². The van der Waals surface area contributed by atoms with Crippen LogP contribution in [0.4, 0.5) is 4.39 Å². The van der Waals surface area contributed by atoms with Crippen molar-refractivity contribution in [1.82, 2.24) is 20.0 Å². The van der Waals surface area contributed by atoms with Crippen molar-refractivity contribution in [3.8, 4) is 22.8 Å². The molecule has 1 N–H and O–H groups in total. The van der Waals surface area contributed by atoms with Crippen LogP contribution in [-0.4, -0.2) is 71.3 Å². The largest absolute Gasteiger partial charge is 0.496 e. The van der Waals surface area contributed by atoms with Gasteiger partial charge in [-0.25, -0.2) is 4.39 Å². The van der Waals surface area contributed by atoms with Gasteiger partial charge in [0.2, 0.25) is 0 Å². The summed E-state index contributed by atoms with van der Waals surface area (Å²) in [5, 5.41) is 7.25. The van der Waals surface area contributed by atoms with Crippen LogP contribution in [-0.2, 0) is 0 Å². The van der Waals surface area contributed by atoms with Gasteiger partial charge in [0.15, 0.2) is 11.6 Å². The molecule has 0 aliphatic carbocycles. The number of piperidine rings is 2. The summed E-state index contributed by atoms with van der Waals surface area (Å²) in [6.07, 6.45) is 3.69. The SMILES string of the molecule is COc1ccccc1-c1cc(C(=O)N2CCC(N3CCC(Oc4ccccc4F)CC3)CC2)[nH]n1. The topological polar surface area (TPSA) is 70.7 Å². The molecule has 8 heteroatoms. The Morgan fingerprint density at radius 1 is 0.971 bits per heavy atom. The fourth-order valence-corrected chi connectivity index (χ4v) is 5.11. The number of para-hydroxylation sites is 2. The first kappa shape index (κ1) is 23.4. The molecule has 0 bridgehead atoms. The molecule has 7 nitrogen and oxygen atoms in total. The average molecular weight is 479 g/mol. The summed E-state index contributed by atoms with van der Waals surface area (Å²) in [6.45, 7) is 3.30. The second-order valence-electron chi connectivity index (χ2n) is 9.17. The lowest BCUT2D eigenvalue weighted by atomic mass is 9.98. The highest BCUT2D eigenvalue weighted by molar-refractivity contribution is 5.93. The molecule has 2 aliphatic rings. The molecule has 1 amide bonds. The van der Waals surface area contributed by atoms with Gasteiger partial charge in [0, 0.05) is 37.8 Å². The molecule has 2 aliphatic heterocycles. The summed E-state index contributed by atoms with van der Waals surface area (Å²) in [6, 6.07) is 16.5. The Balaban J connectivity index is 1.12. The average Bonchev–Trinajstić information content (AvgIpc) is 3.40. The van der Waals surface area contributed by atoms with E-state index in [0.29, 0.717) is 23.2 Å². The molecule has 35 heavy (non-hydrogen) atoms. The smallest absolute Gasteiger partial charge is 0.271 e. The first-order chi connectivity index (χ1) is 17.1. The predicted octanol–water partition coefficient (Wildman–Crippen LogP) is 4.37. The zero-order valence-corrected chi connectivity index (χ0v) is 20.0. The third-order valence-corrected chi connectivity index (χ3v) is 7.07. The minimum absolute atomic E-state index is 0.0194. The molecular weight excluding hydrogens is 447 g/mol. The van der Waals surface area contributed by atoms with E-state index in [9.17, 15) is 9.18 Å². The Labute approximate surface area is 204 Å². The number of carbonyl (C=O) groups excluding carboxylic acids is 1. The van der Waals surface area contributed by atoms with Crippen molar-refractivity contribution >= 4 is 5.91 Å². The molecule has 0 saturated carbocycles. The maximum absolute atomic E-state index is 13.9. The monoisotopic (exact) mass is 478 g/mol. The highest BCUT2D eigenvalue weighted by Gasteiger charge is 2.31. The Bertz CT molecular complexity index is 1150. The zero-order valence-electron chi connectivity index (χ0n) is 20.0. The number of aromatic nitrogens is 2. The number of amides is 1. The number of H-pyrrole nitrogens is 1. The third kappa shape index (κ3) is 5.17. The quantitative estimate of drug-likeness (QED) is 0.570. The van der Waals surface area contributed by atoms with Gasteiger partial charge >= 0.3 is 0 Å². The lowest BCUT2D eigenvalue weighted by molar-refractivity contribution is 0.0414. The Kier molecular flexibility index (Phi) is 6.99. The van der Waals surface area contributed by atoms with Crippen LogP contribution in [0.15, 0.2) is 54.6 Å². The van der Waals surface area contributed by atoms with Crippen LogP contribution >= 0.6 is 0 Å². The highest BCUT2D eigenvalue weighted by atomic mass is 19.1. The molecule has 0 unspecified atom stereocenters. The van der Waals surface area contributed by atoms with Crippen LogP contribution in [0.2, 0.25) is 0 Å². The lowest BCUT2D eigenvalue weighted by Crippen LogP contribution is -2.50. The van der Waals surface area contributed by atoms with E-state index >= 15 is 0 Å². The number of nitrogens with one attached hydrogen (secondary N) is 1. The van der Waals surface area contributed by atoms with E-state index in [0.717, 1.165) is 63.2 Å². The number of nitrogens with zero attached hydrogens (tertiary/aromatic N) is 3. The van der Waals surface area contributed by atoms with E-state index in [1.54, 1.807) is 31.4 Å². The number of hydrogen-bond acceptors (Lipinski definition) is 5. The summed E-state index contributed by atoms with van der Waals surface area (Å²) in [5.74, 6) is 0.737. The van der Waals surface area contributed by atoms with Gasteiger partial charge in [0.1, 0.15) is 17.5 Å². The molecule has 5 rings (SSSR count). The predicted molar refractivity (Wildman–Crippen MR) is 131 cm³/mol. The molecule has 3 aromatic rings. The van der Waals surface area contributed by atoms with E-state index in [1.807, 2.05) is 29.2 Å². The Hall–Kier alpha value is -3.39. The molecule has 2 saturated heterocycles. The lowest BCUT2D eigenvalue weighted by Gasteiger charge is -2.41. The van der Waals surface area contributed by atoms with E-state index in [1.165, 1.54) is 6.07 Å². The van der Waals surface area contributed by atoms with Crippen molar-refractivity contribution in [2.45, 2.75) is 37.8 Å². The van der Waals surface area contributed by atoms with Crippen LogP contribution in [0.25, 0.3) is 11.3 Å². The number of rotatable bonds is 6. The second kappa shape index (κ2) is 10.5. The fourth-order valence-electron chi connectivity index (χ4n) is 5.11. The van der Waals surface area contributed by atoms with Gasteiger partial charge in [0.25, 0.3) is 5.91 Å². The molecule has 0 atom stereocenters. The summed E-state index contributed by atoms with van der Waals surface area (Å²) in [4.78, 5) is 17.5. The van der Waals surface area contributed by atoms with Crippen LogP contribution in [0.5, 0.6) is 11.5 Å². The van der Waals surface area contributed by atoms with Crippen LogP contribution in [0, 0.1) is 5.82 Å². The first-order valence-corrected chi connectivity index (χ1v) is 12.3. The maximum atomic E-state index is 13.9. The maximum Gasteiger partial charge on any atom is 0.271 e. The standard InChI is InChI=1S/C27H31FN4O3/c1-34-25-8-4-2-6-21(25)23-18-24(30-29-23)27(33)32-14-10-19(11-15-32)31-16-12-20(13-17-31)35-26-9-5-3-7-22(26)28/h2-9,18-20H,10-17H2,1H3,(H,29,30). The zero-order chi connectivity index (χ0) is 24.2. The van der Waals surface area contributed by atoms with Gasteiger partial charge < -0.3 is 14.4 Å². The number of methoxy groups -OCH3 is 1. The number of benzene rings is 2. The van der Waals surface area contributed by atoms with Crippen LogP contribution in [0.3, 0.4) is 0 Å². The van der Waals surface area contributed by atoms with Crippen molar-refractivity contribution in [3.05, 3.63) is 66.1 Å². The summed E-state index contributed by atoms with van der Waals surface area (Å²) in [5.41, 5.74) is 2.04. The van der Waals surface area contributed by atoms with E-state index in [-0.39, 0.29) is 17.8 Å². The second-order valence-corrected chi connectivity index (χ2v) is 9.17. The third-order valence-electron chi connectivity index (χ3n) is 7.07. The minimum atomic E-state index is -0.306. The van der Waals surface area contributed by atoms with E-state index in [2.05, 4.69) is 15.1 Å². The van der Waals surface area contributed by atoms with Crippen molar-refractivity contribution in [2.24, 2.45) is 0 Å². The van der Waals surface area contributed by atoms with Crippen LogP contribution < -0.4 is 9.47 Å². The normalized spacial score (nSPS) is 17.9. The highest BCUT2D eigenvalue weighted by Crippen LogP contribution is 2.29. The van der Waals surface area contributed by atoms with Crippen LogP contribution in [0.1, 0.15) is 36.2 Å². The van der Waals surface area contributed by atoms with Gasteiger partial charge in [-0.05, 0) is 56.0 Å². The number of ether oxygens (including phenoxy) is 2. The van der Waals surface area contributed by atoms with Gasteiger partial charge in [-0.3, -0.25) is 14.8 Å². The van der Waals surface area contributed by atoms with Crippen molar-refractivity contribution < 1.29 is 18.7 Å². The number of hydrogen-bond donors (Lipinski definition) is 1. The number of aromatic amines is 1. The first-order valence-electron chi connectivity index (χ1n) is 12.3. The summed E-state index contributed by atoms with van der Waals surface area (Å²) < 4.78 is 25.2. The van der Waals surface area contributed by atoms with Crippen molar-refractivity contribution in [1.29, 1.82) is 0 Å². The molecule has 184 valence electrons. The van der Waals surface area contributed by atoms with E-state index in [4.69, 9.17) is 9.47 Å². The van der Waals surface area contributed by atoms with Gasteiger partial charge in [-0.15, -0.1) is 0 Å². The van der Waals surface area contributed by atoms with Gasteiger partial charge in [-0.2, -0.15) is 5.10 Å². The fraction of sp³-hybridized carbons (Fsp3) is 0.407. The van der Waals surface area contributed by atoms with Gasteiger partial charge in [0.05, 0.1) is 12.8 Å². The molecule has 3 heterocycles. The Morgan fingerprint density at radius 2 is 1.66 bits per heavy atom. The van der Waals surface area contributed by atoms with Crippen molar-refractivity contribution in [3.63, 3.8) is 0 Å².